The third-order valence-corrected chi connectivity index (χ3v) is 6.75. The third kappa shape index (κ3) is 4.56. The van der Waals surface area contributed by atoms with Crippen LogP contribution >= 0.6 is 0 Å². The molecule has 0 aromatic heterocycles. The average Bonchev–Trinajstić information content (AvgIpc) is 3.17. The van der Waals surface area contributed by atoms with Gasteiger partial charge in [0, 0.05) is 54.9 Å². The van der Waals surface area contributed by atoms with Gasteiger partial charge in [-0.25, -0.2) is 4.39 Å². The van der Waals surface area contributed by atoms with Crippen molar-refractivity contribution in [3.05, 3.63) is 64.5 Å². The molecule has 5 rings (SSSR count). The molecule has 0 aliphatic carbocycles. The molecule has 2 aromatic carbocycles. The zero-order chi connectivity index (χ0) is 23.7. The van der Waals surface area contributed by atoms with E-state index in [1.54, 1.807) is 35.2 Å². The maximum Gasteiger partial charge on any atom is 0.244 e. The highest BCUT2D eigenvalue weighted by Crippen LogP contribution is 2.40. The van der Waals surface area contributed by atoms with Gasteiger partial charge in [0.25, 0.3) is 0 Å². The van der Waals surface area contributed by atoms with Crippen molar-refractivity contribution in [3.63, 3.8) is 0 Å². The first-order valence-corrected chi connectivity index (χ1v) is 11.6. The molecule has 3 aliphatic rings. The number of hydrogen-bond donors (Lipinski definition) is 2. The fourth-order valence-electron chi connectivity index (χ4n) is 4.88. The van der Waals surface area contributed by atoms with Gasteiger partial charge in [-0.15, -0.1) is 0 Å². The van der Waals surface area contributed by atoms with E-state index in [2.05, 4.69) is 10.2 Å². The van der Waals surface area contributed by atoms with E-state index >= 15 is 4.39 Å². The summed E-state index contributed by atoms with van der Waals surface area (Å²) in [6.45, 7) is 3.75. The summed E-state index contributed by atoms with van der Waals surface area (Å²) in [5, 5.41) is 13.2. The Hall–Kier alpha value is -2.85. The lowest BCUT2D eigenvalue weighted by Crippen LogP contribution is -2.51. The number of nitrogens with zero attached hydrogens (tertiary/aromatic N) is 2. The molecule has 2 saturated heterocycles. The molecular weight excluding hydrogens is 441 g/mol. The third-order valence-electron chi connectivity index (χ3n) is 6.75. The lowest BCUT2D eigenvalue weighted by Gasteiger charge is -2.31. The number of rotatable bonds is 6. The number of aliphatic hydroxyl groups is 1. The fraction of sp³-hybridized carbons (Fsp3) is 0.440. The molecule has 3 aliphatic heterocycles. The maximum atomic E-state index is 15.2. The van der Waals surface area contributed by atoms with Crippen LogP contribution in [0.1, 0.15) is 41.3 Å². The number of aliphatic hydroxyl groups excluding tert-OH is 1. The van der Waals surface area contributed by atoms with Crippen molar-refractivity contribution in [2.24, 2.45) is 0 Å². The molecule has 0 saturated carbocycles. The quantitative estimate of drug-likeness (QED) is 0.624. The number of imide groups is 1. The van der Waals surface area contributed by atoms with Gasteiger partial charge in [0.15, 0.2) is 0 Å². The predicted octanol–water partition coefficient (Wildman–Crippen LogP) is 1.85. The van der Waals surface area contributed by atoms with Gasteiger partial charge in [0.2, 0.25) is 11.8 Å². The van der Waals surface area contributed by atoms with Crippen LogP contribution in [0.4, 0.5) is 4.39 Å². The van der Waals surface area contributed by atoms with Gasteiger partial charge in [0.1, 0.15) is 24.4 Å². The summed E-state index contributed by atoms with van der Waals surface area (Å²) in [7, 11) is 0. The molecule has 2 N–H and O–H groups in total. The number of halogens is 1. The summed E-state index contributed by atoms with van der Waals surface area (Å²) in [5.41, 5.74) is 2.51. The molecule has 2 aromatic rings. The minimum absolute atomic E-state index is 0.0494. The van der Waals surface area contributed by atoms with Crippen molar-refractivity contribution in [1.29, 1.82) is 0 Å². The first-order valence-electron chi connectivity index (χ1n) is 11.6. The zero-order valence-corrected chi connectivity index (χ0v) is 18.8. The van der Waals surface area contributed by atoms with Crippen LogP contribution in [0.3, 0.4) is 0 Å². The minimum atomic E-state index is -0.976. The standard InChI is InChI=1S/C25H28FN3O5/c26-23-16(13-28-9-11-33-12-10-28)3-1-4-17(23)15-34-21-6-2-5-18-19(21)14-29(25(18)32)20-7-8-22(30)27-24(20)31/h1-6,20,25,32H,7-15H2,(H,27,30,31)/t20-,25?/m0/s1. The summed E-state index contributed by atoms with van der Waals surface area (Å²) in [6, 6.07) is 10.1. The molecule has 2 fully saturated rings. The topological polar surface area (TPSA) is 91.3 Å². The number of hydrogen-bond acceptors (Lipinski definition) is 7. The lowest BCUT2D eigenvalue weighted by atomic mass is 10.0. The Morgan fingerprint density at radius 1 is 1.12 bits per heavy atom. The fourth-order valence-corrected chi connectivity index (χ4v) is 4.88. The Morgan fingerprint density at radius 3 is 2.68 bits per heavy atom. The summed E-state index contributed by atoms with van der Waals surface area (Å²) >= 11 is 0. The van der Waals surface area contributed by atoms with Crippen LogP contribution in [0.25, 0.3) is 0 Å². The second-order valence-electron chi connectivity index (χ2n) is 8.90. The van der Waals surface area contributed by atoms with Crippen molar-refractivity contribution in [1.82, 2.24) is 15.1 Å². The highest BCUT2D eigenvalue weighted by Gasteiger charge is 2.40. The Morgan fingerprint density at radius 2 is 1.88 bits per heavy atom. The van der Waals surface area contributed by atoms with Gasteiger partial charge in [-0.2, -0.15) is 0 Å². The van der Waals surface area contributed by atoms with E-state index in [1.165, 1.54) is 0 Å². The molecular formula is C25H28FN3O5. The van der Waals surface area contributed by atoms with Crippen LogP contribution < -0.4 is 10.1 Å². The average molecular weight is 470 g/mol. The van der Waals surface area contributed by atoms with Gasteiger partial charge in [-0.05, 0) is 12.5 Å². The van der Waals surface area contributed by atoms with Gasteiger partial charge in [-0.3, -0.25) is 24.7 Å². The number of nitrogens with one attached hydrogen (secondary N) is 1. The second-order valence-corrected chi connectivity index (χ2v) is 8.90. The lowest BCUT2D eigenvalue weighted by molar-refractivity contribution is -0.141. The number of carbonyl (C=O) groups is 2. The Labute approximate surface area is 197 Å². The molecule has 3 heterocycles. The predicted molar refractivity (Wildman–Crippen MR) is 120 cm³/mol. The summed E-state index contributed by atoms with van der Waals surface area (Å²) < 4.78 is 26.6. The zero-order valence-electron chi connectivity index (χ0n) is 18.8. The van der Waals surface area contributed by atoms with E-state index in [0.717, 1.165) is 18.7 Å². The molecule has 180 valence electrons. The number of amides is 2. The van der Waals surface area contributed by atoms with E-state index in [4.69, 9.17) is 9.47 Å². The van der Waals surface area contributed by atoms with Gasteiger partial charge in [0.05, 0.1) is 19.3 Å². The molecule has 2 atom stereocenters. The molecule has 2 amide bonds. The highest BCUT2D eigenvalue weighted by molar-refractivity contribution is 6.00. The van der Waals surface area contributed by atoms with Gasteiger partial charge >= 0.3 is 0 Å². The number of piperidine rings is 1. The highest BCUT2D eigenvalue weighted by atomic mass is 19.1. The monoisotopic (exact) mass is 469 g/mol. The van der Waals surface area contributed by atoms with Crippen molar-refractivity contribution in [2.75, 3.05) is 26.3 Å². The number of morpholine rings is 1. The van der Waals surface area contributed by atoms with E-state index in [-0.39, 0.29) is 24.8 Å². The van der Waals surface area contributed by atoms with Crippen molar-refractivity contribution in [3.8, 4) is 5.75 Å². The minimum Gasteiger partial charge on any atom is -0.488 e. The van der Waals surface area contributed by atoms with Crippen LogP contribution in [0.2, 0.25) is 0 Å². The Balaban J connectivity index is 1.29. The van der Waals surface area contributed by atoms with Crippen LogP contribution in [-0.2, 0) is 34.0 Å². The van der Waals surface area contributed by atoms with Crippen molar-refractivity contribution < 1.29 is 28.6 Å². The van der Waals surface area contributed by atoms with E-state index in [9.17, 15) is 14.7 Å². The molecule has 1 unspecified atom stereocenters. The first kappa shape index (κ1) is 22.9. The SMILES string of the molecule is O=C1CC[C@H](N2Cc3c(OCc4cccc(CN5CCOCC5)c4F)cccc3C2O)C(=O)N1. The van der Waals surface area contributed by atoms with Crippen LogP contribution in [-0.4, -0.2) is 59.1 Å². The Bertz CT molecular complexity index is 1090. The number of fused-ring (bicyclic) bond motifs is 1. The molecule has 0 radical (unpaired) electrons. The Kier molecular flexibility index (Phi) is 6.60. The summed E-state index contributed by atoms with van der Waals surface area (Å²) in [6.07, 6.45) is -0.386. The first-order chi connectivity index (χ1) is 16.5. The van der Waals surface area contributed by atoms with Gasteiger partial charge in [-0.1, -0.05) is 30.3 Å². The second kappa shape index (κ2) is 9.79. The molecule has 9 heteroatoms. The summed E-state index contributed by atoms with van der Waals surface area (Å²) in [5.74, 6) is -0.421. The molecule has 0 bridgehead atoms. The van der Waals surface area contributed by atoms with E-state index in [1.807, 2.05) is 6.07 Å². The normalized spacial score (nSPS) is 23.6. The molecule has 34 heavy (non-hydrogen) atoms. The van der Waals surface area contributed by atoms with Crippen LogP contribution in [0, 0.1) is 5.82 Å². The van der Waals surface area contributed by atoms with Crippen molar-refractivity contribution >= 4 is 11.8 Å². The number of carbonyl (C=O) groups excluding carboxylic acids is 2. The van der Waals surface area contributed by atoms with Gasteiger partial charge < -0.3 is 14.6 Å². The molecule has 0 spiro atoms. The smallest absolute Gasteiger partial charge is 0.244 e. The van der Waals surface area contributed by atoms with Crippen LogP contribution in [0.5, 0.6) is 5.75 Å². The van der Waals surface area contributed by atoms with E-state index < -0.39 is 18.2 Å². The van der Waals surface area contributed by atoms with Crippen molar-refractivity contribution in [2.45, 2.75) is 44.8 Å². The largest absolute Gasteiger partial charge is 0.488 e. The number of ether oxygens (including phenoxy) is 2. The molecule has 8 nitrogen and oxygen atoms in total. The summed E-state index contributed by atoms with van der Waals surface area (Å²) in [4.78, 5) is 27.7. The number of benzene rings is 2. The maximum absolute atomic E-state index is 15.2. The van der Waals surface area contributed by atoms with Crippen LogP contribution in [0.15, 0.2) is 36.4 Å². The van der Waals surface area contributed by atoms with E-state index in [0.29, 0.717) is 55.2 Å².